The highest BCUT2D eigenvalue weighted by Crippen LogP contribution is 2.12. The van der Waals surface area contributed by atoms with Crippen molar-refractivity contribution in [2.24, 2.45) is 0 Å². The predicted octanol–water partition coefficient (Wildman–Crippen LogP) is 3.01. The van der Waals surface area contributed by atoms with Gasteiger partial charge < -0.3 is 0 Å². The minimum absolute atomic E-state index is 0.424. The Hall–Kier alpha value is -0.240. The fraction of sp³-hybridized carbons (Fsp3) is 0.700. The standard InChI is InChI=1S/C10H18OS/c1-2-3-4-7-10(12)8-5-6-9-11/h5-6,9-10,12H,2-4,7-8H2,1H3. The molecule has 1 unspecified atom stereocenters. The molecule has 70 valence electrons. The van der Waals surface area contributed by atoms with Gasteiger partial charge in [-0.1, -0.05) is 32.3 Å². The van der Waals surface area contributed by atoms with Gasteiger partial charge in [-0.15, -0.1) is 0 Å². The van der Waals surface area contributed by atoms with Crippen molar-refractivity contribution in [3.05, 3.63) is 12.2 Å². The molecule has 0 saturated heterocycles. The van der Waals surface area contributed by atoms with Gasteiger partial charge in [0.05, 0.1) is 0 Å². The molecule has 0 amide bonds. The van der Waals surface area contributed by atoms with Crippen molar-refractivity contribution in [1.29, 1.82) is 0 Å². The lowest BCUT2D eigenvalue weighted by molar-refractivity contribution is -0.104. The zero-order chi connectivity index (χ0) is 9.23. The summed E-state index contributed by atoms with van der Waals surface area (Å²) in [5.74, 6) is 0. The third kappa shape index (κ3) is 7.86. The average Bonchev–Trinajstić information content (AvgIpc) is 2.06. The molecule has 0 bridgehead atoms. The Morgan fingerprint density at radius 1 is 1.42 bits per heavy atom. The van der Waals surface area contributed by atoms with Crippen LogP contribution in [0.2, 0.25) is 0 Å². The summed E-state index contributed by atoms with van der Waals surface area (Å²) in [6.45, 7) is 2.19. The largest absolute Gasteiger partial charge is 0.299 e. The van der Waals surface area contributed by atoms with E-state index in [0.717, 1.165) is 19.1 Å². The number of hydrogen-bond donors (Lipinski definition) is 1. The van der Waals surface area contributed by atoms with Crippen LogP contribution in [-0.2, 0) is 4.79 Å². The van der Waals surface area contributed by atoms with Crippen LogP contribution in [0.3, 0.4) is 0 Å². The van der Waals surface area contributed by atoms with Crippen molar-refractivity contribution in [1.82, 2.24) is 0 Å². The fourth-order valence-electron chi connectivity index (χ4n) is 1.04. The molecule has 12 heavy (non-hydrogen) atoms. The van der Waals surface area contributed by atoms with Crippen LogP contribution < -0.4 is 0 Å². The molecule has 1 atom stereocenters. The van der Waals surface area contributed by atoms with Crippen molar-refractivity contribution < 1.29 is 4.79 Å². The van der Waals surface area contributed by atoms with Crippen LogP contribution >= 0.6 is 12.6 Å². The third-order valence-corrected chi connectivity index (χ3v) is 2.23. The van der Waals surface area contributed by atoms with Gasteiger partial charge in [0.1, 0.15) is 6.29 Å². The second-order valence-corrected chi connectivity index (χ2v) is 3.68. The van der Waals surface area contributed by atoms with Gasteiger partial charge in [-0.05, 0) is 18.9 Å². The zero-order valence-corrected chi connectivity index (χ0v) is 8.59. The normalized spacial score (nSPS) is 13.5. The summed E-state index contributed by atoms with van der Waals surface area (Å²) in [7, 11) is 0. The average molecular weight is 186 g/mol. The number of rotatable bonds is 7. The van der Waals surface area contributed by atoms with Crippen molar-refractivity contribution in [2.75, 3.05) is 0 Å². The van der Waals surface area contributed by atoms with Gasteiger partial charge >= 0.3 is 0 Å². The highest BCUT2D eigenvalue weighted by molar-refractivity contribution is 7.80. The Kier molecular flexibility index (Phi) is 8.68. The van der Waals surface area contributed by atoms with E-state index >= 15 is 0 Å². The van der Waals surface area contributed by atoms with E-state index in [4.69, 9.17) is 0 Å². The van der Waals surface area contributed by atoms with Gasteiger partial charge in [-0.2, -0.15) is 12.6 Å². The smallest absolute Gasteiger partial charge is 0.142 e. The minimum atomic E-state index is 0.424. The van der Waals surface area contributed by atoms with Gasteiger partial charge in [0, 0.05) is 5.25 Å². The Morgan fingerprint density at radius 2 is 2.17 bits per heavy atom. The van der Waals surface area contributed by atoms with Gasteiger partial charge in [0.25, 0.3) is 0 Å². The maximum Gasteiger partial charge on any atom is 0.142 e. The summed E-state index contributed by atoms with van der Waals surface area (Å²) in [4.78, 5) is 9.93. The van der Waals surface area contributed by atoms with Crippen molar-refractivity contribution >= 4 is 18.9 Å². The molecule has 0 spiro atoms. The number of hydrogen-bond acceptors (Lipinski definition) is 2. The van der Waals surface area contributed by atoms with Crippen LogP contribution in [0.25, 0.3) is 0 Å². The van der Waals surface area contributed by atoms with E-state index in [0.29, 0.717) is 5.25 Å². The first-order chi connectivity index (χ1) is 5.81. The maximum atomic E-state index is 9.93. The van der Waals surface area contributed by atoms with Crippen LogP contribution in [0.15, 0.2) is 12.2 Å². The molecule has 0 aliphatic heterocycles. The van der Waals surface area contributed by atoms with Crippen molar-refractivity contribution in [3.63, 3.8) is 0 Å². The van der Waals surface area contributed by atoms with E-state index in [1.807, 2.05) is 6.08 Å². The lowest BCUT2D eigenvalue weighted by Crippen LogP contribution is -1.96. The molecule has 0 rings (SSSR count). The van der Waals surface area contributed by atoms with Gasteiger partial charge in [-0.25, -0.2) is 0 Å². The molecule has 0 heterocycles. The highest BCUT2D eigenvalue weighted by atomic mass is 32.1. The minimum Gasteiger partial charge on any atom is -0.299 e. The number of aldehydes is 1. The van der Waals surface area contributed by atoms with E-state index in [-0.39, 0.29) is 0 Å². The predicted molar refractivity (Wildman–Crippen MR) is 56.7 cm³/mol. The topological polar surface area (TPSA) is 17.1 Å². The van der Waals surface area contributed by atoms with Gasteiger partial charge in [0.15, 0.2) is 0 Å². The van der Waals surface area contributed by atoms with Crippen LogP contribution in [0.5, 0.6) is 0 Å². The van der Waals surface area contributed by atoms with Crippen molar-refractivity contribution in [2.45, 2.75) is 44.3 Å². The molecule has 0 aliphatic rings. The van der Waals surface area contributed by atoms with E-state index in [1.54, 1.807) is 6.08 Å². The van der Waals surface area contributed by atoms with Crippen LogP contribution in [-0.4, -0.2) is 11.5 Å². The monoisotopic (exact) mass is 186 g/mol. The molecule has 0 fully saturated rings. The number of carbonyl (C=O) groups excluding carboxylic acids is 1. The molecule has 1 nitrogen and oxygen atoms in total. The molecular formula is C10H18OS. The summed E-state index contributed by atoms with van der Waals surface area (Å²) >= 11 is 4.41. The quantitative estimate of drug-likeness (QED) is 0.280. The van der Waals surface area contributed by atoms with Crippen LogP contribution in [0.1, 0.15) is 39.0 Å². The molecule has 0 saturated carbocycles. The van der Waals surface area contributed by atoms with E-state index in [1.165, 1.54) is 19.3 Å². The number of unbranched alkanes of at least 4 members (excludes halogenated alkanes) is 2. The van der Waals surface area contributed by atoms with Crippen molar-refractivity contribution in [3.8, 4) is 0 Å². The molecule has 0 aromatic rings. The Bertz CT molecular complexity index is 132. The molecular weight excluding hydrogens is 168 g/mol. The fourth-order valence-corrected chi connectivity index (χ4v) is 1.34. The summed E-state index contributed by atoms with van der Waals surface area (Å²) < 4.78 is 0. The Morgan fingerprint density at radius 3 is 2.75 bits per heavy atom. The number of allylic oxidation sites excluding steroid dienone is 2. The first-order valence-corrected chi connectivity index (χ1v) is 5.11. The maximum absolute atomic E-state index is 9.93. The first kappa shape index (κ1) is 11.8. The first-order valence-electron chi connectivity index (χ1n) is 4.59. The molecule has 0 N–H and O–H groups in total. The van der Waals surface area contributed by atoms with Crippen LogP contribution in [0, 0.1) is 0 Å². The van der Waals surface area contributed by atoms with Gasteiger partial charge in [-0.3, -0.25) is 4.79 Å². The zero-order valence-electron chi connectivity index (χ0n) is 7.70. The second kappa shape index (κ2) is 8.85. The van der Waals surface area contributed by atoms with E-state index in [9.17, 15) is 4.79 Å². The number of carbonyl (C=O) groups is 1. The van der Waals surface area contributed by atoms with Gasteiger partial charge in [0.2, 0.25) is 0 Å². The third-order valence-electron chi connectivity index (χ3n) is 1.76. The molecule has 0 aromatic heterocycles. The molecule has 0 radical (unpaired) electrons. The SMILES string of the molecule is CCCCCC(S)CC=CC=O. The highest BCUT2D eigenvalue weighted by Gasteiger charge is 1.98. The van der Waals surface area contributed by atoms with E-state index < -0.39 is 0 Å². The number of thiol groups is 1. The van der Waals surface area contributed by atoms with Crippen LogP contribution in [0.4, 0.5) is 0 Å². The second-order valence-electron chi connectivity index (χ2n) is 2.95. The molecule has 0 aromatic carbocycles. The summed E-state index contributed by atoms with van der Waals surface area (Å²) in [5, 5.41) is 0.424. The molecule has 2 heteroatoms. The lowest BCUT2D eigenvalue weighted by atomic mass is 10.1. The summed E-state index contributed by atoms with van der Waals surface area (Å²) in [5.41, 5.74) is 0. The lowest BCUT2D eigenvalue weighted by Gasteiger charge is -2.05. The molecule has 0 aliphatic carbocycles. The summed E-state index contributed by atoms with van der Waals surface area (Å²) in [6.07, 6.45) is 10.1. The Labute approximate surface area is 80.7 Å². The summed E-state index contributed by atoms with van der Waals surface area (Å²) in [6, 6.07) is 0. The Balaban J connectivity index is 3.26. The van der Waals surface area contributed by atoms with E-state index in [2.05, 4.69) is 19.6 Å².